The van der Waals surface area contributed by atoms with Gasteiger partial charge in [0.25, 0.3) is 0 Å². The smallest absolute Gasteiger partial charge is 0.132 e. The van der Waals surface area contributed by atoms with Crippen molar-refractivity contribution in [2.24, 2.45) is 0 Å². The fraction of sp³-hybridized carbons (Fsp3) is 0.375. The molecule has 1 atom stereocenters. The monoisotopic (exact) mass is 440 g/mol. The van der Waals surface area contributed by atoms with Crippen molar-refractivity contribution in [3.8, 4) is 33.6 Å². The van der Waals surface area contributed by atoms with Crippen molar-refractivity contribution < 1.29 is 18.9 Å². The van der Waals surface area contributed by atoms with Crippen LogP contribution in [-0.2, 0) is 6.54 Å². The van der Waals surface area contributed by atoms with E-state index in [4.69, 9.17) is 23.9 Å². The van der Waals surface area contributed by atoms with Gasteiger partial charge in [0.15, 0.2) is 0 Å². The van der Waals surface area contributed by atoms with Crippen LogP contribution in [0.1, 0.15) is 30.1 Å². The van der Waals surface area contributed by atoms with Crippen LogP contribution >= 0.6 is 11.3 Å². The molecule has 7 heteroatoms. The molecule has 1 aliphatic rings. The highest BCUT2D eigenvalue weighted by molar-refractivity contribution is 7.13. The zero-order valence-corrected chi connectivity index (χ0v) is 19.2. The maximum Gasteiger partial charge on any atom is 0.132 e. The number of aromatic nitrogens is 1. The number of hydrogen-bond acceptors (Lipinski definition) is 7. The van der Waals surface area contributed by atoms with Crippen molar-refractivity contribution in [3.63, 3.8) is 0 Å². The third kappa shape index (κ3) is 4.48. The number of benzene rings is 2. The number of nitrogens with zero attached hydrogens (tertiary/aromatic N) is 2. The standard InChI is InChI=1S/C24H28N2O4S/c1-27-17-7-9-19(22(12-17)29-3)21-6-5-11-26(21)14-16-15-31-24(25-16)20-10-8-18(28-2)13-23(20)30-4/h7-10,12-13,15,21H,5-6,11,14H2,1-4H3/t21-/m0/s1. The SMILES string of the molecule is COc1ccc(-c2nc(CN3CCC[C@H]3c3ccc(OC)cc3OC)cs2)c(OC)c1. The van der Waals surface area contributed by atoms with Gasteiger partial charge >= 0.3 is 0 Å². The molecule has 3 aromatic rings. The summed E-state index contributed by atoms with van der Waals surface area (Å²) in [5.74, 6) is 3.22. The number of thiazole rings is 1. The largest absolute Gasteiger partial charge is 0.497 e. The van der Waals surface area contributed by atoms with Crippen LogP contribution in [0.3, 0.4) is 0 Å². The maximum atomic E-state index is 5.66. The molecule has 1 aliphatic heterocycles. The molecule has 2 aromatic carbocycles. The zero-order valence-electron chi connectivity index (χ0n) is 18.4. The van der Waals surface area contributed by atoms with Crippen LogP contribution in [0.25, 0.3) is 10.6 Å². The fourth-order valence-electron chi connectivity index (χ4n) is 4.15. The topological polar surface area (TPSA) is 53.1 Å². The van der Waals surface area contributed by atoms with Crippen molar-refractivity contribution >= 4 is 11.3 Å². The summed E-state index contributed by atoms with van der Waals surface area (Å²) in [7, 11) is 6.71. The number of ether oxygens (including phenoxy) is 4. The highest BCUT2D eigenvalue weighted by atomic mass is 32.1. The summed E-state index contributed by atoms with van der Waals surface area (Å²) in [5.41, 5.74) is 3.25. The molecule has 0 aliphatic carbocycles. The van der Waals surface area contributed by atoms with E-state index in [2.05, 4.69) is 16.3 Å². The molecule has 1 saturated heterocycles. The van der Waals surface area contributed by atoms with Gasteiger partial charge in [0.1, 0.15) is 28.0 Å². The quantitative estimate of drug-likeness (QED) is 0.481. The lowest BCUT2D eigenvalue weighted by molar-refractivity contribution is 0.240. The summed E-state index contributed by atoms with van der Waals surface area (Å²) in [5, 5.41) is 3.09. The number of methoxy groups -OCH3 is 4. The molecule has 4 rings (SSSR count). The summed E-state index contributed by atoms with van der Waals surface area (Å²) in [6, 6.07) is 12.2. The molecule has 0 N–H and O–H groups in total. The number of likely N-dealkylation sites (tertiary alicyclic amines) is 1. The minimum atomic E-state index is 0.307. The van der Waals surface area contributed by atoms with Gasteiger partial charge in [0.05, 0.1) is 39.7 Å². The van der Waals surface area contributed by atoms with Crippen LogP contribution in [0.15, 0.2) is 41.8 Å². The van der Waals surface area contributed by atoms with Crippen LogP contribution in [0.4, 0.5) is 0 Å². The first-order valence-corrected chi connectivity index (χ1v) is 11.2. The van der Waals surface area contributed by atoms with E-state index in [9.17, 15) is 0 Å². The molecule has 164 valence electrons. The molecule has 2 heterocycles. The first-order valence-electron chi connectivity index (χ1n) is 10.3. The minimum absolute atomic E-state index is 0.307. The third-order valence-electron chi connectivity index (χ3n) is 5.72. The molecular weight excluding hydrogens is 412 g/mol. The lowest BCUT2D eigenvalue weighted by Crippen LogP contribution is -2.23. The van der Waals surface area contributed by atoms with E-state index < -0.39 is 0 Å². The summed E-state index contributed by atoms with van der Waals surface area (Å²) in [4.78, 5) is 7.39. The lowest BCUT2D eigenvalue weighted by atomic mass is 10.0. The van der Waals surface area contributed by atoms with Gasteiger partial charge in [0, 0.05) is 35.7 Å². The van der Waals surface area contributed by atoms with Crippen LogP contribution in [-0.4, -0.2) is 44.9 Å². The normalized spacial score (nSPS) is 16.3. The molecule has 0 saturated carbocycles. The molecule has 0 bridgehead atoms. The van der Waals surface area contributed by atoms with Crippen LogP contribution in [0.2, 0.25) is 0 Å². The zero-order chi connectivity index (χ0) is 21.8. The second kappa shape index (κ2) is 9.58. The average molecular weight is 441 g/mol. The molecule has 1 fully saturated rings. The highest BCUT2D eigenvalue weighted by Crippen LogP contribution is 2.40. The Hall–Kier alpha value is -2.77. The van der Waals surface area contributed by atoms with Crippen molar-refractivity contribution in [1.29, 1.82) is 0 Å². The van der Waals surface area contributed by atoms with Gasteiger partial charge < -0.3 is 18.9 Å². The Labute approximate surface area is 187 Å². The predicted molar refractivity (Wildman–Crippen MR) is 123 cm³/mol. The Bertz CT molecular complexity index is 1040. The van der Waals surface area contributed by atoms with E-state index in [1.54, 1.807) is 39.8 Å². The minimum Gasteiger partial charge on any atom is -0.497 e. The van der Waals surface area contributed by atoms with Crippen molar-refractivity contribution in [3.05, 3.63) is 53.0 Å². The van der Waals surface area contributed by atoms with Crippen LogP contribution < -0.4 is 18.9 Å². The lowest BCUT2D eigenvalue weighted by Gasteiger charge is -2.25. The molecule has 0 radical (unpaired) electrons. The summed E-state index contributed by atoms with van der Waals surface area (Å²) < 4.78 is 21.9. The van der Waals surface area contributed by atoms with Gasteiger partial charge in [-0.1, -0.05) is 6.07 Å². The average Bonchev–Trinajstić information content (AvgIpc) is 3.48. The summed E-state index contributed by atoms with van der Waals surface area (Å²) in [6.45, 7) is 1.84. The predicted octanol–water partition coefficient (Wildman–Crippen LogP) is 5.18. The van der Waals surface area contributed by atoms with Crippen molar-refractivity contribution in [1.82, 2.24) is 9.88 Å². The molecule has 0 unspecified atom stereocenters. The highest BCUT2D eigenvalue weighted by Gasteiger charge is 2.29. The Morgan fingerprint density at radius 1 is 0.935 bits per heavy atom. The molecular formula is C24H28N2O4S. The van der Waals surface area contributed by atoms with E-state index >= 15 is 0 Å². The Kier molecular flexibility index (Phi) is 6.63. The van der Waals surface area contributed by atoms with E-state index in [0.29, 0.717) is 6.04 Å². The Morgan fingerprint density at radius 2 is 1.65 bits per heavy atom. The van der Waals surface area contributed by atoms with Crippen molar-refractivity contribution in [2.75, 3.05) is 35.0 Å². The van der Waals surface area contributed by atoms with Gasteiger partial charge in [-0.25, -0.2) is 4.98 Å². The third-order valence-corrected chi connectivity index (χ3v) is 6.64. The second-order valence-electron chi connectivity index (χ2n) is 7.45. The number of hydrogen-bond donors (Lipinski definition) is 0. The second-order valence-corrected chi connectivity index (χ2v) is 8.30. The molecule has 6 nitrogen and oxygen atoms in total. The van der Waals surface area contributed by atoms with E-state index in [0.717, 1.165) is 65.2 Å². The van der Waals surface area contributed by atoms with E-state index in [1.165, 1.54) is 5.56 Å². The van der Waals surface area contributed by atoms with Gasteiger partial charge in [-0.05, 0) is 37.6 Å². The van der Waals surface area contributed by atoms with Gasteiger partial charge in [-0.3, -0.25) is 4.90 Å². The molecule has 0 spiro atoms. The van der Waals surface area contributed by atoms with E-state index in [-0.39, 0.29) is 0 Å². The fourth-order valence-corrected chi connectivity index (χ4v) is 4.99. The van der Waals surface area contributed by atoms with Crippen LogP contribution in [0, 0.1) is 0 Å². The van der Waals surface area contributed by atoms with Gasteiger partial charge in [0.2, 0.25) is 0 Å². The molecule has 0 amide bonds. The number of rotatable bonds is 8. The summed E-state index contributed by atoms with van der Waals surface area (Å²) >= 11 is 1.64. The van der Waals surface area contributed by atoms with Gasteiger partial charge in [-0.2, -0.15) is 0 Å². The molecule has 31 heavy (non-hydrogen) atoms. The first kappa shape index (κ1) is 21.5. The van der Waals surface area contributed by atoms with E-state index in [1.807, 2.05) is 30.3 Å². The maximum absolute atomic E-state index is 5.66. The summed E-state index contributed by atoms with van der Waals surface area (Å²) in [6.07, 6.45) is 2.26. The Morgan fingerprint density at radius 3 is 2.35 bits per heavy atom. The van der Waals surface area contributed by atoms with Gasteiger partial charge in [-0.15, -0.1) is 11.3 Å². The van der Waals surface area contributed by atoms with Crippen LogP contribution in [0.5, 0.6) is 23.0 Å². The first-order chi connectivity index (χ1) is 15.2. The van der Waals surface area contributed by atoms with Crippen molar-refractivity contribution in [2.45, 2.75) is 25.4 Å². The molecule has 1 aromatic heterocycles. The Balaban J connectivity index is 1.55.